The standard InChI is InChI=1S/C17H15F3N2O3/c1-11(12-5-4-6-13(9-12)25-10-16(23)24)21-22-15-8-3-2-7-14(15)17(18,19)20/h2-9,22H,10H2,1H3,(H,23,24)/b21-11-. The summed E-state index contributed by atoms with van der Waals surface area (Å²) in [5.74, 6) is -0.786. The fraction of sp³-hybridized carbons (Fsp3) is 0.176. The van der Waals surface area contributed by atoms with Gasteiger partial charge in [0.25, 0.3) is 0 Å². The Bertz CT molecular complexity index is 789. The van der Waals surface area contributed by atoms with Crippen molar-refractivity contribution in [3.05, 3.63) is 59.7 Å². The van der Waals surface area contributed by atoms with Crippen LogP contribution in [0.3, 0.4) is 0 Å². The molecule has 0 heterocycles. The average molecular weight is 352 g/mol. The Morgan fingerprint density at radius 1 is 1.20 bits per heavy atom. The van der Waals surface area contributed by atoms with Crippen molar-refractivity contribution in [2.75, 3.05) is 12.0 Å². The predicted molar refractivity (Wildman–Crippen MR) is 86.9 cm³/mol. The van der Waals surface area contributed by atoms with Crippen LogP contribution in [0.1, 0.15) is 18.1 Å². The minimum atomic E-state index is -4.49. The molecule has 2 aromatic carbocycles. The highest BCUT2D eigenvalue weighted by Crippen LogP contribution is 2.34. The summed E-state index contributed by atoms with van der Waals surface area (Å²) >= 11 is 0. The summed E-state index contributed by atoms with van der Waals surface area (Å²) in [4.78, 5) is 10.5. The third-order valence-corrected chi connectivity index (χ3v) is 3.19. The summed E-state index contributed by atoms with van der Waals surface area (Å²) in [7, 11) is 0. The summed E-state index contributed by atoms with van der Waals surface area (Å²) in [6, 6.07) is 11.5. The van der Waals surface area contributed by atoms with E-state index >= 15 is 0 Å². The first-order valence-corrected chi connectivity index (χ1v) is 7.19. The van der Waals surface area contributed by atoms with Crippen LogP contribution in [0.2, 0.25) is 0 Å². The quantitative estimate of drug-likeness (QED) is 0.609. The second-order valence-electron chi connectivity index (χ2n) is 5.06. The lowest BCUT2D eigenvalue weighted by molar-refractivity contribution is -0.139. The van der Waals surface area contributed by atoms with Gasteiger partial charge in [-0.05, 0) is 31.2 Å². The number of ether oxygens (including phenoxy) is 1. The van der Waals surface area contributed by atoms with Gasteiger partial charge in [-0.15, -0.1) is 0 Å². The van der Waals surface area contributed by atoms with Gasteiger partial charge in [-0.3, -0.25) is 5.43 Å². The number of nitrogens with zero attached hydrogens (tertiary/aromatic N) is 1. The molecule has 2 rings (SSSR count). The van der Waals surface area contributed by atoms with Gasteiger partial charge in [0.15, 0.2) is 6.61 Å². The van der Waals surface area contributed by atoms with Gasteiger partial charge < -0.3 is 9.84 Å². The van der Waals surface area contributed by atoms with Gasteiger partial charge in [0, 0.05) is 5.56 Å². The molecule has 0 fully saturated rings. The Kier molecular flexibility index (Phi) is 5.63. The van der Waals surface area contributed by atoms with Crippen molar-refractivity contribution in [2.45, 2.75) is 13.1 Å². The number of benzene rings is 2. The zero-order chi connectivity index (χ0) is 18.4. The topological polar surface area (TPSA) is 70.9 Å². The van der Waals surface area contributed by atoms with Crippen molar-refractivity contribution in [2.24, 2.45) is 5.10 Å². The molecule has 0 aliphatic carbocycles. The van der Waals surface area contributed by atoms with Gasteiger partial charge in [0.2, 0.25) is 0 Å². The van der Waals surface area contributed by atoms with Crippen molar-refractivity contribution in [1.29, 1.82) is 0 Å². The molecule has 25 heavy (non-hydrogen) atoms. The fourth-order valence-corrected chi connectivity index (χ4v) is 1.99. The molecule has 0 radical (unpaired) electrons. The van der Waals surface area contributed by atoms with E-state index in [1.165, 1.54) is 18.2 Å². The number of alkyl halides is 3. The van der Waals surface area contributed by atoms with Crippen LogP contribution < -0.4 is 10.2 Å². The zero-order valence-corrected chi connectivity index (χ0v) is 13.2. The summed E-state index contributed by atoms with van der Waals surface area (Å²) in [6.07, 6.45) is -4.49. The summed E-state index contributed by atoms with van der Waals surface area (Å²) in [6.45, 7) is 1.12. The number of carbonyl (C=O) groups is 1. The minimum absolute atomic E-state index is 0.160. The molecule has 0 aliphatic heterocycles. The number of hydrogen-bond acceptors (Lipinski definition) is 4. The van der Waals surface area contributed by atoms with Crippen molar-refractivity contribution in [3.63, 3.8) is 0 Å². The highest BCUT2D eigenvalue weighted by molar-refractivity contribution is 5.99. The van der Waals surface area contributed by atoms with Gasteiger partial charge in [0.1, 0.15) is 5.75 Å². The average Bonchev–Trinajstić information content (AvgIpc) is 2.57. The van der Waals surface area contributed by atoms with Crippen LogP contribution in [0.15, 0.2) is 53.6 Å². The predicted octanol–water partition coefficient (Wildman–Crippen LogP) is 4.00. The number of nitrogens with one attached hydrogen (secondary N) is 1. The number of halogens is 3. The zero-order valence-electron chi connectivity index (χ0n) is 13.2. The molecule has 0 aromatic heterocycles. The maximum atomic E-state index is 12.9. The number of hydrazone groups is 1. The first-order valence-electron chi connectivity index (χ1n) is 7.19. The van der Waals surface area contributed by atoms with Gasteiger partial charge in [-0.1, -0.05) is 24.3 Å². The van der Waals surface area contributed by atoms with E-state index in [0.29, 0.717) is 17.0 Å². The Labute approximate surface area is 141 Å². The van der Waals surface area contributed by atoms with E-state index in [2.05, 4.69) is 10.5 Å². The second kappa shape index (κ2) is 7.69. The van der Waals surface area contributed by atoms with Gasteiger partial charge in [0.05, 0.1) is 17.0 Å². The molecule has 0 amide bonds. The fourth-order valence-electron chi connectivity index (χ4n) is 1.99. The Morgan fingerprint density at radius 3 is 2.60 bits per heavy atom. The molecule has 0 unspecified atom stereocenters. The molecule has 0 saturated heterocycles. The van der Waals surface area contributed by atoms with Crippen LogP contribution in [0.5, 0.6) is 5.75 Å². The molecule has 2 N–H and O–H groups in total. The molecule has 132 valence electrons. The highest BCUT2D eigenvalue weighted by Gasteiger charge is 2.33. The van der Waals surface area contributed by atoms with Crippen molar-refractivity contribution in [3.8, 4) is 5.75 Å². The molecule has 0 atom stereocenters. The molecule has 0 spiro atoms. The number of carboxylic acid groups (broad SMARTS) is 1. The lowest BCUT2D eigenvalue weighted by Gasteiger charge is -2.12. The van der Waals surface area contributed by atoms with Crippen LogP contribution in [0.25, 0.3) is 0 Å². The molecular weight excluding hydrogens is 337 g/mol. The van der Waals surface area contributed by atoms with E-state index < -0.39 is 24.3 Å². The largest absolute Gasteiger partial charge is 0.482 e. The monoisotopic (exact) mass is 352 g/mol. The number of aliphatic carboxylic acids is 1. The lowest BCUT2D eigenvalue weighted by atomic mass is 10.1. The highest BCUT2D eigenvalue weighted by atomic mass is 19.4. The van der Waals surface area contributed by atoms with Crippen LogP contribution in [0.4, 0.5) is 18.9 Å². The molecule has 8 heteroatoms. The van der Waals surface area contributed by atoms with E-state index in [9.17, 15) is 18.0 Å². The van der Waals surface area contributed by atoms with Crippen molar-refractivity contribution in [1.82, 2.24) is 0 Å². The van der Waals surface area contributed by atoms with E-state index in [1.807, 2.05) is 0 Å². The molecule has 0 bridgehead atoms. The summed E-state index contributed by atoms with van der Waals surface area (Å²) in [5.41, 5.74) is 2.44. The minimum Gasteiger partial charge on any atom is -0.482 e. The maximum absolute atomic E-state index is 12.9. The van der Waals surface area contributed by atoms with E-state index in [1.54, 1.807) is 31.2 Å². The van der Waals surface area contributed by atoms with E-state index in [-0.39, 0.29) is 5.69 Å². The third kappa shape index (κ3) is 5.23. The number of para-hydroxylation sites is 1. The smallest absolute Gasteiger partial charge is 0.418 e. The Hall–Kier alpha value is -3.03. The molecule has 0 saturated carbocycles. The molecule has 5 nitrogen and oxygen atoms in total. The van der Waals surface area contributed by atoms with Crippen LogP contribution in [0, 0.1) is 0 Å². The van der Waals surface area contributed by atoms with E-state index in [4.69, 9.17) is 9.84 Å². The number of carboxylic acids is 1. The Balaban J connectivity index is 2.18. The number of hydrogen-bond donors (Lipinski definition) is 2. The third-order valence-electron chi connectivity index (χ3n) is 3.19. The molecule has 2 aromatic rings. The number of anilines is 1. The summed E-state index contributed by atoms with van der Waals surface area (Å²) < 4.78 is 43.9. The lowest BCUT2D eigenvalue weighted by Crippen LogP contribution is -2.10. The van der Waals surface area contributed by atoms with E-state index in [0.717, 1.165) is 6.07 Å². The molecular formula is C17H15F3N2O3. The summed E-state index contributed by atoms with van der Waals surface area (Å²) in [5, 5.41) is 12.6. The Morgan fingerprint density at radius 2 is 1.92 bits per heavy atom. The molecule has 0 aliphatic rings. The SMILES string of the molecule is C/C(=N/Nc1ccccc1C(F)(F)F)c1cccc(OCC(=O)O)c1. The second-order valence-corrected chi connectivity index (χ2v) is 5.06. The van der Waals surface area contributed by atoms with Crippen LogP contribution >= 0.6 is 0 Å². The van der Waals surface area contributed by atoms with Gasteiger partial charge in [-0.25, -0.2) is 4.79 Å². The van der Waals surface area contributed by atoms with Gasteiger partial charge in [-0.2, -0.15) is 18.3 Å². The van der Waals surface area contributed by atoms with Crippen molar-refractivity contribution >= 4 is 17.4 Å². The maximum Gasteiger partial charge on any atom is 0.418 e. The normalized spacial score (nSPS) is 11.9. The van der Waals surface area contributed by atoms with Crippen molar-refractivity contribution < 1.29 is 27.8 Å². The first kappa shape index (κ1) is 18.3. The number of rotatable bonds is 6. The van der Waals surface area contributed by atoms with Crippen LogP contribution in [-0.2, 0) is 11.0 Å². The first-order chi connectivity index (χ1) is 11.8. The van der Waals surface area contributed by atoms with Crippen LogP contribution in [-0.4, -0.2) is 23.4 Å². The van der Waals surface area contributed by atoms with Gasteiger partial charge >= 0.3 is 12.1 Å².